The van der Waals surface area contributed by atoms with Crippen molar-refractivity contribution in [3.63, 3.8) is 0 Å². The van der Waals surface area contributed by atoms with Crippen LogP contribution in [0.25, 0.3) is 5.65 Å². The van der Waals surface area contributed by atoms with Gasteiger partial charge in [0.15, 0.2) is 5.65 Å². The summed E-state index contributed by atoms with van der Waals surface area (Å²) in [6.45, 7) is 7.08. The molecule has 1 amide bonds. The van der Waals surface area contributed by atoms with Crippen molar-refractivity contribution in [2.24, 2.45) is 0 Å². The van der Waals surface area contributed by atoms with E-state index < -0.39 is 12.7 Å². The molecular formula is C18H26F3N5O. The van der Waals surface area contributed by atoms with Crippen molar-refractivity contribution in [2.75, 3.05) is 26.2 Å². The van der Waals surface area contributed by atoms with Crippen LogP contribution in [0, 0.1) is 20.8 Å². The molecule has 0 spiro atoms. The minimum absolute atomic E-state index is 0.167. The third-order valence-corrected chi connectivity index (χ3v) is 4.49. The molecule has 2 heterocycles. The number of hydrogen-bond donors (Lipinski definition) is 1. The van der Waals surface area contributed by atoms with Gasteiger partial charge in [-0.05, 0) is 39.3 Å². The van der Waals surface area contributed by atoms with Gasteiger partial charge in [0.25, 0.3) is 0 Å². The molecule has 0 saturated carbocycles. The lowest BCUT2D eigenvalue weighted by Crippen LogP contribution is -2.39. The molecule has 0 fully saturated rings. The third-order valence-electron chi connectivity index (χ3n) is 4.49. The molecule has 0 atom stereocenters. The predicted octanol–water partition coefficient (Wildman–Crippen LogP) is 2.59. The minimum Gasteiger partial charge on any atom is -0.355 e. The monoisotopic (exact) mass is 385 g/mol. The van der Waals surface area contributed by atoms with Gasteiger partial charge in [0.1, 0.15) is 0 Å². The predicted molar refractivity (Wildman–Crippen MR) is 96.7 cm³/mol. The second-order valence-corrected chi connectivity index (χ2v) is 6.65. The molecule has 9 heteroatoms. The molecule has 0 radical (unpaired) electrons. The number of halogens is 3. The fourth-order valence-electron chi connectivity index (χ4n) is 3.09. The fourth-order valence-corrected chi connectivity index (χ4v) is 3.09. The summed E-state index contributed by atoms with van der Waals surface area (Å²) in [5.41, 5.74) is 4.42. The van der Waals surface area contributed by atoms with Gasteiger partial charge in [-0.1, -0.05) is 6.92 Å². The van der Waals surface area contributed by atoms with E-state index in [4.69, 9.17) is 0 Å². The summed E-state index contributed by atoms with van der Waals surface area (Å²) in [5.74, 6) is -0.186. The first-order chi connectivity index (χ1) is 12.6. The van der Waals surface area contributed by atoms with E-state index in [2.05, 4.69) is 15.4 Å². The number of fused-ring (bicyclic) bond motifs is 1. The SMILES string of the molecule is CCN(CCNC(=O)CCc1c(C)nc2cc(C)nn2c1C)CC(F)(F)F. The van der Waals surface area contributed by atoms with Crippen LogP contribution in [0.1, 0.15) is 36.0 Å². The quantitative estimate of drug-likeness (QED) is 0.759. The van der Waals surface area contributed by atoms with Crippen LogP contribution in [-0.2, 0) is 11.2 Å². The number of likely N-dealkylation sites (N-methyl/N-ethyl adjacent to an activating group) is 1. The molecule has 2 rings (SSSR count). The van der Waals surface area contributed by atoms with E-state index in [1.807, 2.05) is 26.8 Å². The topological polar surface area (TPSA) is 62.5 Å². The lowest BCUT2D eigenvalue weighted by molar-refractivity contribution is -0.145. The van der Waals surface area contributed by atoms with Crippen LogP contribution >= 0.6 is 0 Å². The largest absolute Gasteiger partial charge is 0.401 e. The van der Waals surface area contributed by atoms with Gasteiger partial charge in [-0.15, -0.1) is 0 Å². The minimum atomic E-state index is -4.23. The second-order valence-electron chi connectivity index (χ2n) is 6.65. The zero-order valence-corrected chi connectivity index (χ0v) is 16.2. The van der Waals surface area contributed by atoms with E-state index in [1.54, 1.807) is 11.4 Å². The highest BCUT2D eigenvalue weighted by Gasteiger charge is 2.29. The second kappa shape index (κ2) is 8.69. The molecule has 2 aromatic heterocycles. The molecule has 6 nitrogen and oxygen atoms in total. The van der Waals surface area contributed by atoms with Crippen LogP contribution in [0.4, 0.5) is 13.2 Å². The Bertz CT molecular complexity index is 800. The zero-order valence-electron chi connectivity index (χ0n) is 16.2. The highest BCUT2D eigenvalue weighted by molar-refractivity contribution is 5.76. The highest BCUT2D eigenvalue weighted by Crippen LogP contribution is 2.17. The fraction of sp³-hybridized carbons (Fsp3) is 0.611. The number of amides is 1. The van der Waals surface area contributed by atoms with Crippen LogP contribution in [-0.4, -0.2) is 57.8 Å². The summed E-state index contributed by atoms with van der Waals surface area (Å²) in [6.07, 6.45) is -3.47. The number of alkyl halides is 3. The molecule has 0 saturated heterocycles. The van der Waals surface area contributed by atoms with E-state index in [9.17, 15) is 18.0 Å². The van der Waals surface area contributed by atoms with Crippen molar-refractivity contribution in [3.8, 4) is 0 Å². The molecule has 0 aliphatic heterocycles. The normalized spacial score (nSPS) is 12.1. The Morgan fingerprint density at radius 2 is 2.00 bits per heavy atom. The number of rotatable bonds is 8. The van der Waals surface area contributed by atoms with Gasteiger partial charge in [-0.3, -0.25) is 9.69 Å². The van der Waals surface area contributed by atoms with Crippen molar-refractivity contribution in [1.82, 2.24) is 24.8 Å². The van der Waals surface area contributed by atoms with E-state index >= 15 is 0 Å². The van der Waals surface area contributed by atoms with Gasteiger partial charge in [0, 0.05) is 37.0 Å². The van der Waals surface area contributed by atoms with E-state index in [1.165, 1.54) is 4.90 Å². The van der Waals surface area contributed by atoms with Crippen LogP contribution in [0.2, 0.25) is 0 Å². The van der Waals surface area contributed by atoms with Crippen LogP contribution in [0.15, 0.2) is 6.07 Å². The summed E-state index contributed by atoms with van der Waals surface area (Å²) in [5, 5.41) is 7.10. The number of nitrogens with one attached hydrogen (secondary N) is 1. The van der Waals surface area contributed by atoms with Gasteiger partial charge >= 0.3 is 6.18 Å². The molecule has 0 aliphatic carbocycles. The van der Waals surface area contributed by atoms with E-state index in [-0.39, 0.29) is 32.0 Å². The lowest BCUT2D eigenvalue weighted by Gasteiger charge is -2.21. The number of aryl methyl sites for hydroxylation is 3. The average Bonchev–Trinajstić information content (AvgIpc) is 2.93. The number of nitrogens with zero attached hydrogens (tertiary/aromatic N) is 4. The molecule has 2 aromatic rings. The van der Waals surface area contributed by atoms with Gasteiger partial charge < -0.3 is 5.32 Å². The molecule has 150 valence electrons. The Morgan fingerprint density at radius 3 is 2.63 bits per heavy atom. The summed E-state index contributed by atoms with van der Waals surface area (Å²) >= 11 is 0. The molecule has 27 heavy (non-hydrogen) atoms. The van der Waals surface area contributed by atoms with Crippen molar-refractivity contribution in [1.29, 1.82) is 0 Å². The van der Waals surface area contributed by atoms with Crippen LogP contribution < -0.4 is 5.32 Å². The first-order valence-corrected chi connectivity index (χ1v) is 8.99. The maximum Gasteiger partial charge on any atom is 0.401 e. The van der Waals surface area contributed by atoms with Crippen molar-refractivity contribution in [3.05, 3.63) is 28.7 Å². The van der Waals surface area contributed by atoms with Crippen molar-refractivity contribution < 1.29 is 18.0 Å². The molecule has 0 aliphatic rings. The Hall–Kier alpha value is -2.16. The number of aromatic nitrogens is 3. The Labute approximate surface area is 156 Å². The molecule has 0 unspecified atom stereocenters. The summed E-state index contributed by atoms with van der Waals surface area (Å²) in [4.78, 5) is 17.8. The molecule has 0 bridgehead atoms. The lowest BCUT2D eigenvalue weighted by atomic mass is 10.1. The van der Waals surface area contributed by atoms with Gasteiger partial charge in [-0.2, -0.15) is 18.3 Å². The van der Waals surface area contributed by atoms with E-state index in [0.717, 1.165) is 28.3 Å². The maximum atomic E-state index is 12.4. The molecular weight excluding hydrogens is 359 g/mol. The summed E-state index contributed by atoms with van der Waals surface area (Å²) in [6, 6.07) is 1.90. The Kier molecular flexibility index (Phi) is 6.80. The van der Waals surface area contributed by atoms with Crippen molar-refractivity contribution >= 4 is 11.6 Å². The Balaban J connectivity index is 1.88. The summed E-state index contributed by atoms with van der Waals surface area (Å²) < 4.78 is 39.1. The van der Waals surface area contributed by atoms with Crippen LogP contribution in [0.5, 0.6) is 0 Å². The van der Waals surface area contributed by atoms with Crippen molar-refractivity contribution in [2.45, 2.75) is 46.7 Å². The average molecular weight is 385 g/mol. The van der Waals surface area contributed by atoms with Gasteiger partial charge in [0.2, 0.25) is 5.91 Å². The van der Waals surface area contributed by atoms with Gasteiger partial charge in [-0.25, -0.2) is 9.50 Å². The molecule has 0 aromatic carbocycles. The third kappa shape index (κ3) is 5.92. The first-order valence-electron chi connectivity index (χ1n) is 8.99. The molecule has 1 N–H and O–H groups in total. The first kappa shape index (κ1) is 21.1. The smallest absolute Gasteiger partial charge is 0.355 e. The van der Waals surface area contributed by atoms with Gasteiger partial charge in [0.05, 0.1) is 12.2 Å². The highest BCUT2D eigenvalue weighted by atomic mass is 19.4. The van der Waals surface area contributed by atoms with E-state index in [0.29, 0.717) is 6.42 Å². The standard InChI is InChI=1S/C18H26F3N5O/c1-5-25(11-18(19,20)21)9-8-22-17(27)7-6-15-13(3)23-16-10-12(2)24-26(16)14(15)4/h10H,5-9,11H2,1-4H3,(H,22,27). The maximum absolute atomic E-state index is 12.4. The number of carbonyl (C=O) groups excluding carboxylic acids is 1. The number of carbonyl (C=O) groups is 1. The number of hydrogen-bond acceptors (Lipinski definition) is 4. The summed E-state index contributed by atoms with van der Waals surface area (Å²) in [7, 11) is 0. The zero-order chi connectivity index (χ0) is 20.2. The van der Waals surface area contributed by atoms with Crippen LogP contribution in [0.3, 0.4) is 0 Å². The Morgan fingerprint density at radius 1 is 1.30 bits per heavy atom.